The molecule has 0 saturated carbocycles. The number of nitrogens with zero attached hydrogens (tertiary/aromatic N) is 6. The predicted molar refractivity (Wildman–Crippen MR) is 101 cm³/mol. The van der Waals surface area contributed by atoms with Gasteiger partial charge >= 0.3 is 0 Å². The summed E-state index contributed by atoms with van der Waals surface area (Å²) in [7, 11) is 1.86. The number of ether oxygens (including phenoxy) is 1. The van der Waals surface area contributed by atoms with Gasteiger partial charge in [-0.2, -0.15) is 5.10 Å². The molecule has 0 spiro atoms. The van der Waals surface area contributed by atoms with Crippen molar-refractivity contribution >= 4 is 29.3 Å². The van der Waals surface area contributed by atoms with Gasteiger partial charge in [0.2, 0.25) is 11.9 Å². The molecule has 9 nitrogen and oxygen atoms in total. The zero-order valence-electron chi connectivity index (χ0n) is 15.7. The highest BCUT2D eigenvalue weighted by Gasteiger charge is 2.20. The lowest BCUT2D eigenvalue weighted by molar-refractivity contribution is -0.113. The van der Waals surface area contributed by atoms with Crippen LogP contribution in [0.1, 0.15) is 18.3 Å². The Labute approximate surface area is 157 Å². The van der Waals surface area contributed by atoms with E-state index in [2.05, 4.69) is 32.4 Å². The second-order valence-corrected chi connectivity index (χ2v) is 7.08. The van der Waals surface area contributed by atoms with E-state index in [-0.39, 0.29) is 11.7 Å². The summed E-state index contributed by atoms with van der Waals surface area (Å²) in [5.41, 5.74) is 2.53. The molecule has 0 aliphatic carbocycles. The average molecular weight is 379 g/mol. The topological polar surface area (TPSA) is 90.1 Å². The van der Waals surface area contributed by atoms with Gasteiger partial charge in [-0.1, -0.05) is 11.8 Å². The lowest BCUT2D eigenvalue weighted by Gasteiger charge is -2.27. The lowest BCUT2D eigenvalue weighted by atomic mass is 10.3. The number of anilines is 2. The van der Waals surface area contributed by atoms with Crippen molar-refractivity contribution in [3.63, 3.8) is 0 Å². The van der Waals surface area contributed by atoms with Gasteiger partial charge < -0.3 is 15.0 Å². The van der Waals surface area contributed by atoms with Crippen molar-refractivity contribution in [2.24, 2.45) is 7.05 Å². The van der Waals surface area contributed by atoms with Crippen LogP contribution < -0.4 is 10.2 Å². The van der Waals surface area contributed by atoms with Gasteiger partial charge in [0.15, 0.2) is 5.16 Å². The Morgan fingerprint density at radius 3 is 2.62 bits per heavy atom. The number of hydrogen-bond donors (Lipinski definition) is 1. The maximum Gasteiger partial charge on any atom is 0.234 e. The van der Waals surface area contributed by atoms with Gasteiger partial charge in [0.1, 0.15) is 0 Å². The molecule has 0 bridgehead atoms. The number of aromatic nitrogens is 5. The highest BCUT2D eigenvalue weighted by Crippen LogP contribution is 2.24. The molecule has 1 aliphatic heterocycles. The van der Waals surface area contributed by atoms with E-state index in [1.54, 1.807) is 4.68 Å². The minimum atomic E-state index is -0.0761. The first-order chi connectivity index (χ1) is 12.5. The van der Waals surface area contributed by atoms with E-state index < -0.39 is 0 Å². The highest BCUT2D eigenvalue weighted by molar-refractivity contribution is 7.99. The second kappa shape index (κ2) is 8.09. The number of carbonyl (C=O) groups excluding carboxylic acids is 1. The normalized spacial score (nSPS) is 14.7. The fraction of sp³-hybridized carbons (Fsp3) is 0.625. The summed E-state index contributed by atoms with van der Waals surface area (Å²) in [6, 6.07) is 0. The first kappa shape index (κ1) is 18.7. The fourth-order valence-electron chi connectivity index (χ4n) is 2.92. The average Bonchev–Trinajstić information content (AvgIpc) is 3.16. The summed E-state index contributed by atoms with van der Waals surface area (Å²) in [4.78, 5) is 14.5. The van der Waals surface area contributed by atoms with Crippen LogP contribution in [0.25, 0.3) is 0 Å². The van der Waals surface area contributed by atoms with E-state index in [4.69, 9.17) is 4.74 Å². The minimum absolute atomic E-state index is 0.0761. The number of amides is 1. The van der Waals surface area contributed by atoms with Crippen LogP contribution in [-0.4, -0.2) is 62.5 Å². The third kappa shape index (κ3) is 3.85. The Kier molecular flexibility index (Phi) is 5.82. The summed E-state index contributed by atoms with van der Waals surface area (Å²) in [6.45, 7) is 9.65. The molecule has 0 aromatic carbocycles. The van der Waals surface area contributed by atoms with Crippen molar-refractivity contribution < 1.29 is 9.53 Å². The van der Waals surface area contributed by atoms with Gasteiger partial charge in [0.05, 0.1) is 36.0 Å². The lowest BCUT2D eigenvalue weighted by Crippen LogP contribution is -2.38. The quantitative estimate of drug-likeness (QED) is 0.755. The fourth-order valence-corrected chi connectivity index (χ4v) is 3.72. The van der Waals surface area contributed by atoms with Crippen LogP contribution in [0.2, 0.25) is 0 Å². The smallest absolute Gasteiger partial charge is 0.234 e. The maximum atomic E-state index is 12.4. The molecule has 0 atom stereocenters. The van der Waals surface area contributed by atoms with E-state index in [0.717, 1.165) is 47.8 Å². The van der Waals surface area contributed by atoms with Crippen LogP contribution in [0.15, 0.2) is 5.16 Å². The van der Waals surface area contributed by atoms with Crippen LogP contribution in [-0.2, 0) is 23.1 Å². The molecule has 10 heteroatoms. The molecule has 3 rings (SSSR count). The van der Waals surface area contributed by atoms with Gasteiger partial charge in [-0.15, -0.1) is 10.2 Å². The molecule has 0 radical (unpaired) electrons. The van der Waals surface area contributed by atoms with Crippen LogP contribution in [0, 0.1) is 13.8 Å². The molecular formula is C16H25N7O2S. The van der Waals surface area contributed by atoms with Gasteiger partial charge in [-0.25, -0.2) is 0 Å². The molecule has 26 heavy (non-hydrogen) atoms. The number of rotatable bonds is 6. The van der Waals surface area contributed by atoms with E-state index in [1.807, 2.05) is 25.5 Å². The first-order valence-corrected chi connectivity index (χ1v) is 9.68. The van der Waals surface area contributed by atoms with Crippen LogP contribution >= 0.6 is 11.8 Å². The summed E-state index contributed by atoms with van der Waals surface area (Å²) in [6.07, 6.45) is 0. The SMILES string of the molecule is CCn1c(SCC(=O)Nc2c(C)nn(C)c2C)nnc1N1CCOCC1. The van der Waals surface area contributed by atoms with Crippen molar-refractivity contribution in [1.82, 2.24) is 24.5 Å². The molecule has 1 fully saturated rings. The standard InChI is InChI=1S/C16H25N7O2S/c1-5-23-15(22-6-8-25-9-7-22)18-19-16(23)26-10-13(24)17-14-11(2)20-21(4)12(14)3/h5-10H2,1-4H3,(H,17,24). The van der Waals surface area contributed by atoms with Gasteiger partial charge in [-0.05, 0) is 20.8 Å². The number of morpholine rings is 1. The number of hydrogen-bond acceptors (Lipinski definition) is 7. The molecule has 2 aromatic heterocycles. The van der Waals surface area contributed by atoms with Crippen LogP contribution in [0.3, 0.4) is 0 Å². The van der Waals surface area contributed by atoms with E-state index in [0.29, 0.717) is 13.2 Å². The van der Waals surface area contributed by atoms with E-state index >= 15 is 0 Å². The van der Waals surface area contributed by atoms with Crippen molar-refractivity contribution in [1.29, 1.82) is 0 Å². The molecule has 1 aliphatic rings. The van der Waals surface area contributed by atoms with Crippen molar-refractivity contribution in [3.05, 3.63) is 11.4 Å². The minimum Gasteiger partial charge on any atom is -0.378 e. The Hall–Kier alpha value is -2.07. The number of thioether (sulfide) groups is 1. The van der Waals surface area contributed by atoms with Crippen LogP contribution in [0.4, 0.5) is 11.6 Å². The van der Waals surface area contributed by atoms with Crippen molar-refractivity contribution in [3.8, 4) is 0 Å². The summed E-state index contributed by atoms with van der Waals surface area (Å²) in [5.74, 6) is 1.04. The molecule has 2 aromatic rings. The largest absolute Gasteiger partial charge is 0.378 e. The predicted octanol–water partition coefficient (Wildman–Crippen LogP) is 1.22. The maximum absolute atomic E-state index is 12.4. The molecular weight excluding hydrogens is 354 g/mol. The summed E-state index contributed by atoms with van der Waals surface area (Å²) in [5, 5.41) is 16.6. The number of nitrogens with one attached hydrogen (secondary N) is 1. The third-order valence-corrected chi connectivity index (χ3v) is 5.38. The Morgan fingerprint density at radius 2 is 2.00 bits per heavy atom. The van der Waals surface area contributed by atoms with Gasteiger partial charge in [-0.3, -0.25) is 14.0 Å². The number of carbonyl (C=O) groups is 1. The molecule has 0 unspecified atom stereocenters. The zero-order valence-corrected chi connectivity index (χ0v) is 16.5. The van der Waals surface area contributed by atoms with Gasteiger partial charge in [0, 0.05) is 26.7 Å². The monoisotopic (exact) mass is 379 g/mol. The summed E-state index contributed by atoms with van der Waals surface area (Å²) >= 11 is 1.39. The first-order valence-electron chi connectivity index (χ1n) is 8.70. The molecule has 1 saturated heterocycles. The van der Waals surface area contributed by atoms with E-state index in [1.165, 1.54) is 11.8 Å². The second-order valence-electron chi connectivity index (χ2n) is 6.13. The molecule has 1 amide bonds. The summed E-state index contributed by atoms with van der Waals surface area (Å²) < 4.78 is 9.20. The van der Waals surface area contributed by atoms with Gasteiger partial charge in [0.25, 0.3) is 0 Å². The molecule has 1 N–H and O–H groups in total. The molecule has 3 heterocycles. The molecule has 142 valence electrons. The Balaban J connectivity index is 1.64. The van der Waals surface area contributed by atoms with Crippen LogP contribution in [0.5, 0.6) is 0 Å². The zero-order chi connectivity index (χ0) is 18.7. The van der Waals surface area contributed by atoms with E-state index in [9.17, 15) is 4.79 Å². The van der Waals surface area contributed by atoms with Crippen molar-refractivity contribution in [2.45, 2.75) is 32.5 Å². The van der Waals surface area contributed by atoms with Crippen molar-refractivity contribution in [2.75, 3.05) is 42.3 Å². The Bertz CT molecular complexity index is 780. The highest BCUT2D eigenvalue weighted by atomic mass is 32.2. The Morgan fingerprint density at radius 1 is 1.27 bits per heavy atom. The third-order valence-electron chi connectivity index (χ3n) is 4.41. The number of aryl methyl sites for hydroxylation is 2.